The van der Waals surface area contributed by atoms with Crippen LogP contribution >= 0.6 is 27.7 Å². The minimum absolute atomic E-state index is 0.606. The van der Waals surface area contributed by atoms with Gasteiger partial charge in [0.25, 0.3) is 0 Å². The standard InChI is InChI=1S/C16H23BrN2S/c1-11-12(2)20-8-7-19(11)16-6-3-14(17)9-13(16)10-18-15-4-5-15/h3,6,9,11-12,15,18H,4-5,7-8,10H2,1-2H3. The Hall–Kier alpha value is -0.190. The lowest BCUT2D eigenvalue weighted by molar-refractivity contribution is 0.618. The maximum atomic E-state index is 3.65. The third-order valence-corrected chi connectivity index (χ3v) is 6.22. The summed E-state index contributed by atoms with van der Waals surface area (Å²) in [6.07, 6.45) is 2.69. The van der Waals surface area contributed by atoms with Crippen molar-refractivity contribution in [3.63, 3.8) is 0 Å². The van der Waals surface area contributed by atoms with E-state index in [-0.39, 0.29) is 0 Å². The first kappa shape index (κ1) is 14.7. The number of nitrogens with zero attached hydrogens (tertiary/aromatic N) is 1. The number of hydrogen-bond donors (Lipinski definition) is 1. The van der Waals surface area contributed by atoms with E-state index in [0.717, 1.165) is 19.1 Å². The zero-order chi connectivity index (χ0) is 14.1. The molecule has 1 aliphatic heterocycles. The zero-order valence-corrected chi connectivity index (χ0v) is 14.6. The van der Waals surface area contributed by atoms with E-state index in [0.29, 0.717) is 11.3 Å². The van der Waals surface area contributed by atoms with Gasteiger partial charge in [-0.05, 0) is 43.5 Å². The second-order valence-corrected chi connectivity index (χ2v) is 8.34. The average molecular weight is 355 g/mol. The van der Waals surface area contributed by atoms with Crippen molar-refractivity contribution in [2.24, 2.45) is 0 Å². The Kier molecular flexibility index (Phi) is 4.63. The molecule has 2 atom stereocenters. The second kappa shape index (κ2) is 6.29. The zero-order valence-electron chi connectivity index (χ0n) is 12.2. The summed E-state index contributed by atoms with van der Waals surface area (Å²) >= 11 is 5.71. The Morgan fingerprint density at radius 1 is 1.35 bits per heavy atom. The quantitative estimate of drug-likeness (QED) is 0.878. The summed E-state index contributed by atoms with van der Waals surface area (Å²) in [5.41, 5.74) is 2.85. The van der Waals surface area contributed by atoms with Gasteiger partial charge in [0.2, 0.25) is 0 Å². The van der Waals surface area contributed by atoms with Crippen molar-refractivity contribution in [1.82, 2.24) is 5.32 Å². The van der Waals surface area contributed by atoms with Crippen molar-refractivity contribution in [2.45, 2.75) is 50.6 Å². The van der Waals surface area contributed by atoms with Crippen LogP contribution in [0.3, 0.4) is 0 Å². The fourth-order valence-electron chi connectivity index (χ4n) is 2.79. The van der Waals surface area contributed by atoms with Gasteiger partial charge in [0, 0.05) is 46.3 Å². The smallest absolute Gasteiger partial charge is 0.0415 e. The van der Waals surface area contributed by atoms with Gasteiger partial charge in [0.15, 0.2) is 0 Å². The molecule has 2 unspecified atom stereocenters. The van der Waals surface area contributed by atoms with Crippen LogP contribution < -0.4 is 10.2 Å². The molecule has 0 radical (unpaired) electrons. The summed E-state index contributed by atoms with van der Waals surface area (Å²) < 4.78 is 1.18. The van der Waals surface area contributed by atoms with Crippen molar-refractivity contribution in [3.05, 3.63) is 28.2 Å². The Bertz CT molecular complexity index is 476. The SMILES string of the molecule is CC1SCCN(c2ccc(Br)cc2CNC2CC2)C1C. The molecule has 0 amide bonds. The van der Waals surface area contributed by atoms with Gasteiger partial charge < -0.3 is 10.2 Å². The maximum absolute atomic E-state index is 3.65. The molecule has 110 valence electrons. The second-order valence-electron chi connectivity index (χ2n) is 5.94. The van der Waals surface area contributed by atoms with Crippen LogP contribution in [0.4, 0.5) is 5.69 Å². The van der Waals surface area contributed by atoms with E-state index < -0.39 is 0 Å². The molecule has 1 aromatic rings. The summed E-state index contributed by atoms with van der Waals surface area (Å²) in [4.78, 5) is 2.59. The van der Waals surface area contributed by atoms with Crippen LogP contribution in [0.5, 0.6) is 0 Å². The minimum Gasteiger partial charge on any atom is -0.367 e. The van der Waals surface area contributed by atoms with Crippen molar-refractivity contribution >= 4 is 33.4 Å². The number of rotatable bonds is 4. The van der Waals surface area contributed by atoms with E-state index in [4.69, 9.17) is 0 Å². The summed E-state index contributed by atoms with van der Waals surface area (Å²) in [6.45, 7) is 6.86. The van der Waals surface area contributed by atoms with Crippen LogP contribution in [-0.4, -0.2) is 29.6 Å². The van der Waals surface area contributed by atoms with Gasteiger partial charge >= 0.3 is 0 Å². The molecule has 20 heavy (non-hydrogen) atoms. The fourth-order valence-corrected chi connectivity index (χ4v) is 4.30. The molecule has 1 aromatic carbocycles. The van der Waals surface area contributed by atoms with E-state index in [9.17, 15) is 0 Å². The Morgan fingerprint density at radius 2 is 2.15 bits per heavy atom. The largest absolute Gasteiger partial charge is 0.367 e. The first-order chi connectivity index (χ1) is 9.65. The monoisotopic (exact) mass is 354 g/mol. The van der Waals surface area contributed by atoms with Gasteiger partial charge in [-0.1, -0.05) is 22.9 Å². The molecule has 4 heteroatoms. The normalized spacial score (nSPS) is 26.9. The number of halogens is 1. The first-order valence-electron chi connectivity index (χ1n) is 7.55. The van der Waals surface area contributed by atoms with E-state index >= 15 is 0 Å². The highest BCUT2D eigenvalue weighted by atomic mass is 79.9. The molecule has 2 aliphatic rings. The molecule has 1 saturated carbocycles. The fraction of sp³-hybridized carbons (Fsp3) is 0.625. The summed E-state index contributed by atoms with van der Waals surface area (Å²) in [5.74, 6) is 1.23. The lowest BCUT2D eigenvalue weighted by Crippen LogP contribution is -2.45. The van der Waals surface area contributed by atoms with Gasteiger partial charge in [-0.15, -0.1) is 0 Å². The van der Waals surface area contributed by atoms with Crippen molar-refractivity contribution in [2.75, 3.05) is 17.2 Å². The number of hydrogen-bond acceptors (Lipinski definition) is 3. The van der Waals surface area contributed by atoms with Gasteiger partial charge in [-0.25, -0.2) is 0 Å². The van der Waals surface area contributed by atoms with Gasteiger partial charge in [0.1, 0.15) is 0 Å². The third kappa shape index (κ3) is 3.34. The molecule has 1 heterocycles. The third-order valence-electron chi connectivity index (χ3n) is 4.39. The highest BCUT2D eigenvalue weighted by Gasteiger charge is 2.27. The van der Waals surface area contributed by atoms with Gasteiger partial charge in [0.05, 0.1) is 0 Å². The van der Waals surface area contributed by atoms with Crippen LogP contribution in [0.25, 0.3) is 0 Å². The lowest BCUT2D eigenvalue weighted by atomic mass is 10.1. The van der Waals surface area contributed by atoms with E-state index in [2.05, 4.69) is 70.0 Å². The van der Waals surface area contributed by atoms with Crippen LogP contribution in [0.1, 0.15) is 32.3 Å². The number of nitrogens with one attached hydrogen (secondary N) is 1. The molecule has 2 nitrogen and oxygen atoms in total. The predicted molar refractivity (Wildman–Crippen MR) is 92.7 cm³/mol. The average Bonchev–Trinajstić information content (AvgIpc) is 3.24. The molecule has 0 spiro atoms. The van der Waals surface area contributed by atoms with E-state index in [1.54, 1.807) is 0 Å². The molecular formula is C16H23BrN2S. The number of anilines is 1. The Morgan fingerprint density at radius 3 is 2.90 bits per heavy atom. The van der Waals surface area contributed by atoms with Crippen LogP contribution in [-0.2, 0) is 6.54 Å². The van der Waals surface area contributed by atoms with Crippen LogP contribution in [0, 0.1) is 0 Å². The van der Waals surface area contributed by atoms with Crippen LogP contribution in [0.2, 0.25) is 0 Å². The molecule has 3 rings (SSSR count). The summed E-state index contributed by atoms with van der Waals surface area (Å²) in [6, 6.07) is 8.11. The molecule has 1 N–H and O–H groups in total. The maximum Gasteiger partial charge on any atom is 0.0415 e. The number of thioether (sulfide) groups is 1. The number of benzene rings is 1. The van der Waals surface area contributed by atoms with Crippen LogP contribution in [0.15, 0.2) is 22.7 Å². The van der Waals surface area contributed by atoms with Crippen molar-refractivity contribution in [1.29, 1.82) is 0 Å². The first-order valence-corrected chi connectivity index (χ1v) is 9.39. The molecular weight excluding hydrogens is 332 g/mol. The topological polar surface area (TPSA) is 15.3 Å². The molecule has 1 saturated heterocycles. The molecule has 0 bridgehead atoms. The molecule has 2 fully saturated rings. The van der Waals surface area contributed by atoms with Gasteiger partial charge in [-0.2, -0.15) is 11.8 Å². The summed E-state index contributed by atoms with van der Waals surface area (Å²) in [5, 5.41) is 4.36. The molecule has 0 aromatic heterocycles. The van der Waals surface area contributed by atoms with Crippen molar-refractivity contribution < 1.29 is 0 Å². The predicted octanol–water partition coefficient (Wildman–Crippen LogP) is 4.03. The van der Waals surface area contributed by atoms with E-state index in [1.165, 1.54) is 34.3 Å². The Balaban J connectivity index is 1.82. The highest BCUT2D eigenvalue weighted by Crippen LogP contribution is 2.33. The van der Waals surface area contributed by atoms with Gasteiger partial charge in [-0.3, -0.25) is 0 Å². The Labute approximate surface area is 134 Å². The molecule has 1 aliphatic carbocycles. The van der Waals surface area contributed by atoms with Crippen molar-refractivity contribution in [3.8, 4) is 0 Å². The minimum atomic E-state index is 0.606. The highest BCUT2D eigenvalue weighted by molar-refractivity contribution is 9.10. The summed E-state index contributed by atoms with van der Waals surface area (Å²) in [7, 11) is 0. The van der Waals surface area contributed by atoms with E-state index in [1.807, 2.05) is 0 Å². The lowest BCUT2D eigenvalue weighted by Gasteiger charge is -2.40.